The predicted octanol–water partition coefficient (Wildman–Crippen LogP) is 2.21. The summed E-state index contributed by atoms with van der Waals surface area (Å²) >= 11 is 10.8. The summed E-state index contributed by atoms with van der Waals surface area (Å²) in [6.45, 7) is -3.99. The van der Waals surface area contributed by atoms with Crippen molar-refractivity contribution in [3.63, 3.8) is 0 Å². The number of halogens is 2. The largest absolute Gasteiger partial charge is 0.530 e. The van der Waals surface area contributed by atoms with Gasteiger partial charge >= 0.3 is 7.82 Å². The Hall–Kier alpha value is -1.63. The maximum Gasteiger partial charge on any atom is 0.530 e. The molecule has 1 aromatic carbocycles. The van der Waals surface area contributed by atoms with Gasteiger partial charge in [0.1, 0.15) is 24.5 Å². The Balaban J connectivity index is 1.61. The number of benzene rings is 1. The van der Waals surface area contributed by atoms with E-state index in [2.05, 4.69) is 4.98 Å². The number of H-pyrrole nitrogens is 1. The molecule has 2 aliphatic heterocycles. The van der Waals surface area contributed by atoms with E-state index < -0.39 is 44.2 Å². The van der Waals surface area contributed by atoms with Crippen LogP contribution in [0.3, 0.4) is 0 Å². The lowest BCUT2D eigenvalue weighted by atomic mass is 10.1. The van der Waals surface area contributed by atoms with Crippen molar-refractivity contribution in [3.8, 4) is 5.75 Å². The first-order chi connectivity index (χ1) is 14.9. The minimum absolute atomic E-state index is 0.0121. The fourth-order valence-corrected chi connectivity index (χ4v) is 4.39. The van der Waals surface area contributed by atoms with Crippen LogP contribution >= 0.6 is 31.6 Å². The van der Waals surface area contributed by atoms with Crippen LogP contribution in [0.5, 0.6) is 5.75 Å². The van der Waals surface area contributed by atoms with Crippen LogP contribution in [0, 0.1) is 4.77 Å². The van der Waals surface area contributed by atoms with Gasteiger partial charge < -0.3 is 19.5 Å². The minimum Gasteiger partial charge on any atom is -0.404 e. The monoisotopic (exact) mass is 482 g/mol. The number of aliphatic hydroxyl groups excluding tert-OH is 2. The van der Waals surface area contributed by atoms with Crippen molar-refractivity contribution in [1.29, 1.82) is 0 Å². The SMILES string of the molecule is [2H]C([2H])(OP1(=O)OCc2cc(Cl)ccc2O1)[C@@]1(F)O[C@@H](n2ccc(=O)[nH]c2=S)[C@H](O)[C@@H]1O. The number of hydrogen-bond donors (Lipinski definition) is 3. The molecule has 3 heterocycles. The number of aliphatic hydroxyl groups is 2. The summed E-state index contributed by atoms with van der Waals surface area (Å²) in [4.78, 5) is 13.6. The molecule has 1 saturated heterocycles. The van der Waals surface area contributed by atoms with E-state index >= 15 is 4.39 Å². The molecule has 30 heavy (non-hydrogen) atoms. The number of ether oxygens (including phenoxy) is 1. The Kier molecular flexibility index (Phi) is 4.97. The Morgan fingerprint density at radius 1 is 1.50 bits per heavy atom. The van der Waals surface area contributed by atoms with E-state index in [0.29, 0.717) is 10.6 Å². The number of alkyl halides is 1. The maximum absolute atomic E-state index is 15.7. The normalized spacial score (nSPS) is 34.6. The van der Waals surface area contributed by atoms with E-state index in [-0.39, 0.29) is 17.1 Å². The molecule has 3 N–H and O–H groups in total. The average Bonchev–Trinajstić information content (AvgIpc) is 2.93. The van der Waals surface area contributed by atoms with Gasteiger partial charge in [-0.05, 0) is 30.4 Å². The summed E-state index contributed by atoms with van der Waals surface area (Å²) in [7, 11) is -4.74. The van der Waals surface area contributed by atoms with Crippen LogP contribution in [0.1, 0.15) is 14.5 Å². The molecule has 2 aliphatic rings. The van der Waals surface area contributed by atoms with Gasteiger partial charge in [0.05, 0.1) is 9.35 Å². The summed E-state index contributed by atoms with van der Waals surface area (Å²) < 4.78 is 64.9. The molecule has 0 aliphatic carbocycles. The number of nitrogens with zero attached hydrogens (tertiary/aromatic N) is 1. The van der Waals surface area contributed by atoms with Gasteiger partial charge in [0, 0.05) is 22.8 Å². The molecule has 10 nitrogen and oxygen atoms in total. The predicted molar refractivity (Wildman–Crippen MR) is 102 cm³/mol. The van der Waals surface area contributed by atoms with Gasteiger partial charge in [-0.15, -0.1) is 0 Å². The molecule has 2 aromatic rings. The van der Waals surface area contributed by atoms with Crippen LogP contribution in [-0.4, -0.2) is 44.4 Å². The van der Waals surface area contributed by atoms with Crippen molar-refractivity contribution in [2.75, 3.05) is 6.56 Å². The zero-order chi connectivity index (χ0) is 23.5. The van der Waals surface area contributed by atoms with E-state index in [9.17, 15) is 19.6 Å². The maximum atomic E-state index is 15.7. The second-order valence-corrected chi connectivity index (χ2v) is 8.70. The van der Waals surface area contributed by atoms with Crippen molar-refractivity contribution >= 4 is 31.6 Å². The molecule has 1 unspecified atom stereocenters. The van der Waals surface area contributed by atoms with Gasteiger partial charge in [-0.3, -0.25) is 23.4 Å². The lowest BCUT2D eigenvalue weighted by Crippen LogP contribution is -2.43. The van der Waals surface area contributed by atoms with E-state index in [1.165, 1.54) is 18.2 Å². The van der Waals surface area contributed by atoms with E-state index in [0.717, 1.165) is 16.8 Å². The molecule has 4 rings (SSSR count). The number of aromatic amines is 1. The smallest absolute Gasteiger partial charge is 0.404 e. The summed E-state index contributed by atoms with van der Waals surface area (Å²) in [5.41, 5.74) is -0.195. The Labute approximate surface area is 181 Å². The number of rotatable bonds is 4. The van der Waals surface area contributed by atoms with Crippen molar-refractivity contribution in [3.05, 3.63) is 56.2 Å². The fourth-order valence-electron chi connectivity index (χ4n) is 2.83. The zero-order valence-electron chi connectivity index (χ0n) is 16.7. The van der Waals surface area contributed by atoms with Gasteiger partial charge in [0.25, 0.3) is 11.4 Å². The third kappa shape index (κ3) is 3.97. The Bertz CT molecular complexity index is 1230. The molecule has 0 saturated carbocycles. The molecule has 0 spiro atoms. The third-order valence-corrected chi connectivity index (χ3v) is 6.05. The molecule has 0 bridgehead atoms. The fraction of sp³-hybridized carbons (Fsp3) is 0.375. The lowest BCUT2D eigenvalue weighted by molar-refractivity contribution is -0.205. The molecular weight excluding hydrogens is 466 g/mol. The second kappa shape index (κ2) is 7.81. The van der Waals surface area contributed by atoms with E-state index in [1.807, 2.05) is 0 Å². The van der Waals surface area contributed by atoms with Crippen LogP contribution in [-0.2, 0) is 25.0 Å². The molecule has 0 amide bonds. The molecule has 5 atom stereocenters. The van der Waals surface area contributed by atoms with E-state index in [4.69, 9.17) is 44.9 Å². The van der Waals surface area contributed by atoms with E-state index in [1.54, 1.807) is 0 Å². The van der Waals surface area contributed by atoms with Gasteiger partial charge in [0.2, 0.25) is 0 Å². The minimum atomic E-state index is -4.74. The van der Waals surface area contributed by atoms with Crippen molar-refractivity contribution < 1.29 is 40.2 Å². The first-order valence-electron chi connectivity index (χ1n) is 9.33. The van der Waals surface area contributed by atoms with Gasteiger partial charge in [0.15, 0.2) is 11.0 Å². The summed E-state index contributed by atoms with van der Waals surface area (Å²) in [5, 5.41) is 20.9. The Morgan fingerprint density at radius 2 is 2.27 bits per heavy atom. The van der Waals surface area contributed by atoms with Gasteiger partial charge in [-0.1, -0.05) is 11.6 Å². The molecule has 14 heteroatoms. The quantitative estimate of drug-likeness (QED) is 0.443. The average molecular weight is 483 g/mol. The molecule has 162 valence electrons. The van der Waals surface area contributed by atoms with Crippen molar-refractivity contribution in [1.82, 2.24) is 9.55 Å². The first-order valence-corrected chi connectivity index (χ1v) is 10.6. The van der Waals surface area contributed by atoms with Crippen molar-refractivity contribution in [2.45, 2.75) is 30.9 Å². The van der Waals surface area contributed by atoms with Gasteiger partial charge in [-0.2, -0.15) is 0 Å². The summed E-state index contributed by atoms with van der Waals surface area (Å²) in [6, 6.07) is 5.22. The highest BCUT2D eigenvalue weighted by molar-refractivity contribution is 7.71. The second-order valence-electron chi connectivity index (χ2n) is 6.36. The van der Waals surface area contributed by atoms with Crippen LogP contribution < -0.4 is 10.1 Å². The topological polar surface area (TPSA) is 132 Å². The Morgan fingerprint density at radius 3 is 3.00 bits per heavy atom. The van der Waals surface area contributed by atoms with Crippen LogP contribution in [0.4, 0.5) is 4.39 Å². The molecule has 0 radical (unpaired) electrons. The van der Waals surface area contributed by atoms with Crippen LogP contribution in [0.25, 0.3) is 0 Å². The highest BCUT2D eigenvalue weighted by atomic mass is 35.5. The number of hydrogen-bond acceptors (Lipinski definition) is 9. The first kappa shape index (κ1) is 19.1. The number of phosphoric ester groups is 1. The van der Waals surface area contributed by atoms with Crippen LogP contribution in [0.15, 0.2) is 35.3 Å². The number of fused-ring (bicyclic) bond motifs is 1. The molecule has 1 aromatic heterocycles. The molecular formula is C16H15ClFN2O8PS. The third-order valence-electron chi connectivity index (χ3n) is 4.32. The zero-order valence-corrected chi connectivity index (χ0v) is 17.2. The highest BCUT2D eigenvalue weighted by Gasteiger charge is 2.57. The van der Waals surface area contributed by atoms with Crippen LogP contribution in [0.2, 0.25) is 5.02 Å². The number of phosphoric acid groups is 1. The number of aromatic nitrogens is 2. The lowest BCUT2D eigenvalue weighted by Gasteiger charge is -2.28. The van der Waals surface area contributed by atoms with Gasteiger partial charge in [-0.25, -0.2) is 8.96 Å². The summed E-state index contributed by atoms with van der Waals surface area (Å²) in [5.74, 6) is -3.73. The van der Waals surface area contributed by atoms with Crippen molar-refractivity contribution in [2.24, 2.45) is 0 Å². The number of nitrogens with one attached hydrogen (secondary N) is 1. The summed E-state index contributed by atoms with van der Waals surface area (Å²) in [6.07, 6.45) is -5.26. The highest BCUT2D eigenvalue weighted by Crippen LogP contribution is 2.56. The standard InChI is InChI=1S/C16H15ClFN2O8PS/c17-9-1-2-10-8(5-9)6-25-29(24,28-10)26-7-16(18)13(23)12(22)14(27-16)20-4-3-11(21)19-15(20)30/h1-5,12-14,22-23H,6-7H2,(H,19,21,30)/t12-,13+,14-,16-,29?/m1/s1/i7D2. The molecule has 1 fully saturated rings.